The van der Waals surface area contributed by atoms with Crippen LogP contribution in [0, 0.1) is 0 Å². The minimum absolute atomic E-state index is 0.0547. The molecule has 3 aromatic rings. The Morgan fingerprint density at radius 2 is 1.72 bits per heavy atom. The number of halogens is 3. The van der Waals surface area contributed by atoms with Crippen molar-refractivity contribution in [2.45, 2.75) is 19.5 Å². The molecule has 2 heterocycles. The van der Waals surface area contributed by atoms with Crippen molar-refractivity contribution in [2.75, 3.05) is 16.8 Å². The maximum atomic E-state index is 12.8. The summed E-state index contributed by atoms with van der Waals surface area (Å²) in [6, 6.07) is 15.9. The molecular weight excluding hydrogens is 479 g/mol. The number of anilines is 2. The summed E-state index contributed by atoms with van der Waals surface area (Å²) >= 11 is 0. The highest BCUT2D eigenvalue weighted by atomic mass is 19.4. The van der Waals surface area contributed by atoms with Crippen molar-refractivity contribution >= 4 is 29.5 Å². The van der Waals surface area contributed by atoms with Crippen LogP contribution in [0.2, 0.25) is 0 Å². The number of carbonyl (C=O) groups is 3. The maximum absolute atomic E-state index is 12.8. The fraction of sp³-hybridized carbons (Fsp3) is 0.167. The molecule has 4 rings (SSSR count). The van der Waals surface area contributed by atoms with E-state index in [1.807, 2.05) is 30.3 Å². The van der Waals surface area contributed by atoms with Crippen LogP contribution in [0.4, 0.5) is 34.3 Å². The number of imide groups is 1. The van der Waals surface area contributed by atoms with Gasteiger partial charge in [0.05, 0.1) is 5.69 Å². The number of ether oxygens (including phenoxy) is 1. The molecule has 2 N–H and O–H groups in total. The van der Waals surface area contributed by atoms with Crippen LogP contribution in [0.15, 0.2) is 72.9 Å². The molecule has 0 bridgehead atoms. The van der Waals surface area contributed by atoms with Crippen molar-refractivity contribution in [1.29, 1.82) is 0 Å². The molecule has 2 aromatic carbocycles. The Kier molecular flexibility index (Phi) is 7.04. The molecule has 0 saturated carbocycles. The largest absolute Gasteiger partial charge is 0.573 e. The number of hydrogen-bond donors (Lipinski definition) is 2. The van der Waals surface area contributed by atoms with E-state index in [-0.39, 0.29) is 24.6 Å². The van der Waals surface area contributed by atoms with E-state index in [1.165, 1.54) is 23.2 Å². The minimum atomic E-state index is -4.85. The summed E-state index contributed by atoms with van der Waals surface area (Å²) < 4.78 is 40.9. The van der Waals surface area contributed by atoms with E-state index in [1.54, 1.807) is 12.1 Å². The van der Waals surface area contributed by atoms with Crippen LogP contribution < -0.4 is 20.3 Å². The standard InChI is InChI=1S/C24H20F3N5O4/c25-24(26,27)36-19-8-6-18(7-9-19)32-21(33)15-31(23(32)35)14-17-10-11-28-20(12-17)30-22(34)29-13-16-4-2-1-3-5-16/h1-12H,13-15H2,(H2,28,29,30,34). The second-order valence-electron chi connectivity index (χ2n) is 7.75. The zero-order valence-electron chi connectivity index (χ0n) is 18.7. The Hall–Kier alpha value is -4.61. The topological polar surface area (TPSA) is 104 Å². The molecule has 0 aliphatic carbocycles. The van der Waals surface area contributed by atoms with Crippen LogP contribution in [0.25, 0.3) is 0 Å². The van der Waals surface area contributed by atoms with E-state index >= 15 is 0 Å². The van der Waals surface area contributed by atoms with Crippen molar-refractivity contribution in [3.8, 4) is 5.75 Å². The molecule has 0 radical (unpaired) electrons. The number of aromatic nitrogens is 1. The second kappa shape index (κ2) is 10.3. The molecule has 186 valence electrons. The van der Waals surface area contributed by atoms with E-state index in [4.69, 9.17) is 0 Å². The van der Waals surface area contributed by atoms with Gasteiger partial charge in [0.15, 0.2) is 0 Å². The number of alkyl halides is 3. The zero-order valence-corrected chi connectivity index (χ0v) is 18.7. The molecule has 36 heavy (non-hydrogen) atoms. The molecule has 9 nitrogen and oxygen atoms in total. The number of pyridine rings is 1. The van der Waals surface area contributed by atoms with Crippen LogP contribution in [0.3, 0.4) is 0 Å². The van der Waals surface area contributed by atoms with E-state index in [9.17, 15) is 27.6 Å². The highest BCUT2D eigenvalue weighted by molar-refractivity contribution is 6.19. The molecule has 1 aliphatic rings. The summed E-state index contributed by atoms with van der Waals surface area (Å²) in [4.78, 5) is 43.8. The predicted molar refractivity (Wildman–Crippen MR) is 123 cm³/mol. The number of nitrogens with one attached hydrogen (secondary N) is 2. The first-order valence-corrected chi connectivity index (χ1v) is 10.7. The highest BCUT2D eigenvalue weighted by Crippen LogP contribution is 2.28. The molecule has 12 heteroatoms. The van der Waals surface area contributed by atoms with E-state index < -0.39 is 30.1 Å². The summed E-state index contributed by atoms with van der Waals surface area (Å²) in [5.74, 6) is -0.739. The summed E-state index contributed by atoms with van der Waals surface area (Å²) in [6.45, 7) is 0.164. The first-order chi connectivity index (χ1) is 17.2. The van der Waals surface area contributed by atoms with Crippen molar-refractivity contribution in [2.24, 2.45) is 0 Å². The lowest BCUT2D eigenvalue weighted by atomic mass is 10.2. The van der Waals surface area contributed by atoms with E-state index in [0.29, 0.717) is 12.1 Å². The van der Waals surface area contributed by atoms with Crippen LogP contribution in [0.1, 0.15) is 11.1 Å². The third-order valence-electron chi connectivity index (χ3n) is 5.10. The van der Waals surface area contributed by atoms with Gasteiger partial charge in [0, 0.05) is 19.3 Å². The summed E-state index contributed by atoms with van der Waals surface area (Å²) in [5.41, 5.74) is 1.66. The van der Waals surface area contributed by atoms with Gasteiger partial charge in [-0.3, -0.25) is 10.1 Å². The number of urea groups is 2. The average Bonchev–Trinajstić information content (AvgIpc) is 3.11. The van der Waals surface area contributed by atoms with Gasteiger partial charge in [-0.15, -0.1) is 13.2 Å². The molecule has 1 aliphatic heterocycles. The molecule has 0 spiro atoms. The lowest BCUT2D eigenvalue weighted by Gasteiger charge is -2.18. The zero-order chi connectivity index (χ0) is 25.7. The monoisotopic (exact) mass is 499 g/mol. The number of nitrogens with zero attached hydrogens (tertiary/aromatic N) is 3. The van der Waals surface area contributed by atoms with Gasteiger partial charge in [0.2, 0.25) is 0 Å². The second-order valence-corrected chi connectivity index (χ2v) is 7.75. The smallest absolute Gasteiger partial charge is 0.406 e. The number of hydrogen-bond acceptors (Lipinski definition) is 5. The third-order valence-corrected chi connectivity index (χ3v) is 5.10. The molecular formula is C24H20F3N5O4. The van der Waals surface area contributed by atoms with Crippen LogP contribution in [0.5, 0.6) is 5.75 Å². The normalized spacial score (nSPS) is 13.6. The van der Waals surface area contributed by atoms with Gasteiger partial charge in [0.25, 0.3) is 5.91 Å². The number of benzene rings is 2. The van der Waals surface area contributed by atoms with Crippen LogP contribution in [-0.2, 0) is 17.9 Å². The summed E-state index contributed by atoms with van der Waals surface area (Å²) in [6.07, 6.45) is -3.39. The van der Waals surface area contributed by atoms with Crippen molar-refractivity contribution < 1.29 is 32.3 Å². The van der Waals surface area contributed by atoms with Crippen molar-refractivity contribution in [3.63, 3.8) is 0 Å². The quantitative estimate of drug-likeness (QED) is 0.473. The number of amides is 5. The Morgan fingerprint density at radius 3 is 2.42 bits per heavy atom. The molecule has 0 atom stereocenters. The van der Waals surface area contributed by atoms with Crippen molar-refractivity contribution in [3.05, 3.63) is 84.1 Å². The lowest BCUT2D eigenvalue weighted by Crippen LogP contribution is -2.32. The minimum Gasteiger partial charge on any atom is -0.406 e. The van der Waals surface area contributed by atoms with Gasteiger partial charge >= 0.3 is 18.4 Å². The SMILES string of the molecule is O=C(NCc1ccccc1)Nc1cc(CN2CC(=O)N(c3ccc(OC(F)(F)F)cc3)C2=O)ccn1. The van der Waals surface area contributed by atoms with Gasteiger partial charge in [-0.2, -0.15) is 0 Å². The Bertz CT molecular complexity index is 1250. The van der Waals surface area contributed by atoms with Crippen LogP contribution in [-0.4, -0.2) is 40.8 Å². The van der Waals surface area contributed by atoms with Gasteiger partial charge in [0.1, 0.15) is 18.1 Å². The summed E-state index contributed by atoms with van der Waals surface area (Å²) in [5, 5.41) is 5.34. The molecule has 1 saturated heterocycles. The van der Waals surface area contributed by atoms with Gasteiger partial charge in [-0.1, -0.05) is 30.3 Å². The Balaban J connectivity index is 1.36. The molecule has 1 aromatic heterocycles. The first kappa shape index (κ1) is 24.5. The number of rotatable bonds is 7. The Labute approximate surface area is 203 Å². The average molecular weight is 499 g/mol. The molecule has 0 unspecified atom stereocenters. The van der Waals surface area contributed by atoms with Crippen molar-refractivity contribution in [1.82, 2.24) is 15.2 Å². The molecule has 5 amide bonds. The number of carbonyl (C=O) groups excluding carboxylic acids is 3. The highest BCUT2D eigenvalue weighted by Gasteiger charge is 2.37. The third kappa shape index (κ3) is 6.29. The van der Waals surface area contributed by atoms with Gasteiger partial charge < -0.3 is 15.0 Å². The van der Waals surface area contributed by atoms with Gasteiger partial charge in [-0.05, 0) is 47.5 Å². The fourth-order valence-corrected chi connectivity index (χ4v) is 3.52. The van der Waals surface area contributed by atoms with E-state index in [0.717, 1.165) is 22.6 Å². The van der Waals surface area contributed by atoms with Crippen LogP contribution >= 0.6 is 0 Å². The molecule has 1 fully saturated rings. The predicted octanol–water partition coefficient (Wildman–Crippen LogP) is 4.27. The fourth-order valence-electron chi connectivity index (χ4n) is 3.52. The van der Waals surface area contributed by atoms with Gasteiger partial charge in [-0.25, -0.2) is 19.5 Å². The lowest BCUT2D eigenvalue weighted by molar-refractivity contribution is -0.274. The Morgan fingerprint density at radius 1 is 1.00 bits per heavy atom. The first-order valence-electron chi connectivity index (χ1n) is 10.7. The summed E-state index contributed by atoms with van der Waals surface area (Å²) in [7, 11) is 0. The van der Waals surface area contributed by atoms with E-state index in [2.05, 4.69) is 20.4 Å². The maximum Gasteiger partial charge on any atom is 0.573 e.